The number of anilines is 1. The highest BCUT2D eigenvalue weighted by atomic mass is 16.3. The van der Waals surface area contributed by atoms with E-state index in [0.717, 1.165) is 22.4 Å². The van der Waals surface area contributed by atoms with Crippen LogP contribution >= 0.6 is 0 Å². The Morgan fingerprint density at radius 1 is 1.10 bits per heavy atom. The van der Waals surface area contributed by atoms with E-state index in [1.807, 2.05) is 49.4 Å². The van der Waals surface area contributed by atoms with Gasteiger partial charge >= 0.3 is 0 Å². The lowest BCUT2D eigenvalue weighted by Gasteiger charge is -2.14. The molecule has 1 atom stereocenters. The molecule has 3 nitrogen and oxygen atoms in total. The van der Waals surface area contributed by atoms with E-state index in [1.54, 1.807) is 11.9 Å². The van der Waals surface area contributed by atoms with Gasteiger partial charge < -0.3 is 10.0 Å². The van der Waals surface area contributed by atoms with Crippen LogP contribution < -0.4 is 4.90 Å². The predicted molar refractivity (Wildman–Crippen MR) is 78.8 cm³/mol. The molecule has 0 spiro atoms. The number of nitrogens with zero attached hydrogens (tertiary/aromatic N) is 1. The van der Waals surface area contributed by atoms with Crippen molar-refractivity contribution in [3.8, 4) is 0 Å². The fraction of sp³-hybridized carbons (Fsp3) is 0.235. The Kier molecular flexibility index (Phi) is 3.07. The summed E-state index contributed by atoms with van der Waals surface area (Å²) in [5.74, 6) is 0.0991. The molecule has 0 radical (unpaired) electrons. The molecule has 0 aromatic heterocycles. The van der Waals surface area contributed by atoms with E-state index in [-0.39, 0.29) is 5.91 Å². The van der Waals surface area contributed by atoms with E-state index in [1.165, 1.54) is 5.56 Å². The summed E-state index contributed by atoms with van der Waals surface area (Å²) in [6.07, 6.45) is -0.234. The van der Waals surface area contributed by atoms with Crippen LogP contribution in [0.15, 0.2) is 42.5 Å². The number of aliphatic hydroxyl groups excluding tert-OH is 1. The molecule has 0 saturated carbocycles. The van der Waals surface area contributed by atoms with Gasteiger partial charge in [-0.05, 0) is 29.7 Å². The molecular formula is C17H17NO2. The molecule has 0 fully saturated rings. The third kappa shape index (κ3) is 2.10. The average molecular weight is 267 g/mol. The highest BCUT2D eigenvalue weighted by molar-refractivity contribution is 6.00. The summed E-state index contributed by atoms with van der Waals surface area (Å²) >= 11 is 0. The summed E-state index contributed by atoms with van der Waals surface area (Å²) in [6.45, 7) is 2.02. The molecule has 0 bridgehead atoms. The van der Waals surface area contributed by atoms with Crippen molar-refractivity contribution in [3.63, 3.8) is 0 Å². The van der Waals surface area contributed by atoms with Crippen molar-refractivity contribution < 1.29 is 9.90 Å². The molecule has 20 heavy (non-hydrogen) atoms. The monoisotopic (exact) mass is 267 g/mol. The van der Waals surface area contributed by atoms with Crippen molar-refractivity contribution in [3.05, 3.63) is 64.7 Å². The van der Waals surface area contributed by atoms with E-state index in [4.69, 9.17) is 0 Å². The predicted octanol–water partition coefficient (Wildman–Crippen LogP) is 2.60. The SMILES string of the molecule is Cc1ccc(C(O)c2ccc3c(c2)CC(=O)N3C)cc1. The average Bonchev–Trinajstić information content (AvgIpc) is 2.74. The van der Waals surface area contributed by atoms with Crippen molar-refractivity contribution in [1.82, 2.24) is 0 Å². The number of fused-ring (bicyclic) bond motifs is 1. The number of hydrogen-bond donors (Lipinski definition) is 1. The van der Waals surface area contributed by atoms with Crippen LogP contribution in [0.1, 0.15) is 28.4 Å². The minimum Gasteiger partial charge on any atom is -0.384 e. The maximum Gasteiger partial charge on any atom is 0.231 e. The number of likely N-dealkylation sites (N-methyl/N-ethyl adjacent to an activating group) is 1. The smallest absolute Gasteiger partial charge is 0.231 e. The maximum absolute atomic E-state index is 11.7. The Morgan fingerprint density at radius 3 is 2.45 bits per heavy atom. The second-order valence-corrected chi connectivity index (χ2v) is 5.33. The van der Waals surface area contributed by atoms with Gasteiger partial charge in [0.1, 0.15) is 6.10 Å². The Hall–Kier alpha value is -2.13. The molecular weight excluding hydrogens is 250 g/mol. The topological polar surface area (TPSA) is 40.5 Å². The van der Waals surface area contributed by atoms with Crippen LogP contribution in [0.5, 0.6) is 0 Å². The third-order valence-electron chi connectivity index (χ3n) is 3.89. The standard InChI is InChI=1S/C17H17NO2/c1-11-3-5-12(6-4-11)17(20)13-7-8-15-14(9-13)10-16(19)18(15)2/h3-9,17,20H,10H2,1-2H3. The molecule has 1 unspecified atom stereocenters. The zero-order chi connectivity index (χ0) is 14.3. The van der Waals surface area contributed by atoms with Gasteiger partial charge in [0, 0.05) is 12.7 Å². The van der Waals surface area contributed by atoms with Crippen molar-refractivity contribution in [2.45, 2.75) is 19.4 Å². The molecule has 3 rings (SSSR count). The summed E-state index contributed by atoms with van der Waals surface area (Å²) in [5.41, 5.74) is 4.79. The summed E-state index contributed by atoms with van der Waals surface area (Å²) in [7, 11) is 1.78. The first kappa shape index (κ1) is 12.9. The van der Waals surface area contributed by atoms with Gasteiger partial charge in [-0.2, -0.15) is 0 Å². The first-order valence-corrected chi connectivity index (χ1v) is 6.70. The van der Waals surface area contributed by atoms with Gasteiger partial charge in [0.25, 0.3) is 0 Å². The van der Waals surface area contributed by atoms with Crippen LogP contribution in [-0.4, -0.2) is 18.1 Å². The second-order valence-electron chi connectivity index (χ2n) is 5.33. The van der Waals surface area contributed by atoms with Crippen molar-refractivity contribution in [2.24, 2.45) is 0 Å². The number of amides is 1. The van der Waals surface area contributed by atoms with E-state index in [0.29, 0.717) is 6.42 Å². The largest absolute Gasteiger partial charge is 0.384 e. The minimum atomic E-state index is -0.651. The number of aryl methyl sites for hydroxylation is 1. The Morgan fingerprint density at radius 2 is 1.75 bits per heavy atom. The van der Waals surface area contributed by atoms with Crippen LogP contribution in [0.3, 0.4) is 0 Å². The summed E-state index contributed by atoms with van der Waals surface area (Å²) in [4.78, 5) is 13.3. The van der Waals surface area contributed by atoms with E-state index < -0.39 is 6.10 Å². The van der Waals surface area contributed by atoms with Crippen LogP contribution in [-0.2, 0) is 11.2 Å². The number of hydrogen-bond acceptors (Lipinski definition) is 2. The number of benzene rings is 2. The zero-order valence-corrected chi connectivity index (χ0v) is 11.6. The lowest BCUT2D eigenvalue weighted by atomic mass is 9.98. The second kappa shape index (κ2) is 4.76. The molecule has 1 aliphatic heterocycles. The van der Waals surface area contributed by atoms with Gasteiger partial charge in [0.2, 0.25) is 5.91 Å². The minimum absolute atomic E-state index is 0.0991. The summed E-state index contributed by atoms with van der Waals surface area (Å²) in [6, 6.07) is 13.6. The number of carbonyl (C=O) groups is 1. The van der Waals surface area contributed by atoms with Crippen LogP contribution in [0, 0.1) is 6.92 Å². The zero-order valence-electron chi connectivity index (χ0n) is 11.6. The molecule has 102 valence electrons. The van der Waals surface area contributed by atoms with E-state index in [2.05, 4.69) is 0 Å². The molecule has 1 N–H and O–H groups in total. The highest BCUT2D eigenvalue weighted by Crippen LogP contribution is 2.31. The molecule has 0 aliphatic carbocycles. The first-order chi connectivity index (χ1) is 9.56. The van der Waals surface area contributed by atoms with Crippen molar-refractivity contribution in [2.75, 3.05) is 11.9 Å². The van der Waals surface area contributed by atoms with Crippen molar-refractivity contribution >= 4 is 11.6 Å². The van der Waals surface area contributed by atoms with Gasteiger partial charge in [-0.25, -0.2) is 0 Å². The lowest BCUT2D eigenvalue weighted by Crippen LogP contribution is -2.20. The molecule has 0 saturated heterocycles. The van der Waals surface area contributed by atoms with Crippen LogP contribution in [0.25, 0.3) is 0 Å². The van der Waals surface area contributed by atoms with E-state index in [9.17, 15) is 9.90 Å². The Balaban J connectivity index is 1.94. The first-order valence-electron chi connectivity index (χ1n) is 6.70. The Bertz CT molecular complexity index is 661. The third-order valence-corrected chi connectivity index (χ3v) is 3.89. The van der Waals surface area contributed by atoms with Crippen molar-refractivity contribution in [1.29, 1.82) is 0 Å². The van der Waals surface area contributed by atoms with Crippen LogP contribution in [0.4, 0.5) is 5.69 Å². The quantitative estimate of drug-likeness (QED) is 0.908. The molecule has 1 amide bonds. The van der Waals surface area contributed by atoms with Gasteiger partial charge in [0.05, 0.1) is 6.42 Å². The summed E-state index contributed by atoms with van der Waals surface area (Å²) < 4.78 is 0. The van der Waals surface area contributed by atoms with Gasteiger partial charge in [-0.3, -0.25) is 4.79 Å². The Labute approximate surface area is 118 Å². The van der Waals surface area contributed by atoms with Gasteiger partial charge in [-0.1, -0.05) is 42.0 Å². The molecule has 2 aromatic rings. The number of rotatable bonds is 2. The molecule has 1 aliphatic rings. The molecule has 1 heterocycles. The molecule has 2 aromatic carbocycles. The normalized spacial score (nSPS) is 15.3. The highest BCUT2D eigenvalue weighted by Gasteiger charge is 2.24. The fourth-order valence-electron chi connectivity index (χ4n) is 2.60. The van der Waals surface area contributed by atoms with Crippen LogP contribution in [0.2, 0.25) is 0 Å². The lowest BCUT2D eigenvalue weighted by molar-refractivity contribution is -0.117. The molecule has 3 heteroatoms. The fourth-order valence-corrected chi connectivity index (χ4v) is 2.60. The van der Waals surface area contributed by atoms with E-state index >= 15 is 0 Å². The number of aliphatic hydroxyl groups is 1. The number of carbonyl (C=O) groups excluding carboxylic acids is 1. The van der Waals surface area contributed by atoms with Gasteiger partial charge in [0.15, 0.2) is 0 Å². The van der Waals surface area contributed by atoms with Gasteiger partial charge in [-0.15, -0.1) is 0 Å². The maximum atomic E-state index is 11.7. The summed E-state index contributed by atoms with van der Waals surface area (Å²) in [5, 5.41) is 10.4.